The summed E-state index contributed by atoms with van der Waals surface area (Å²) in [6.07, 6.45) is 1.62. The Labute approximate surface area is 118 Å². The van der Waals surface area contributed by atoms with Gasteiger partial charge in [0.2, 0.25) is 0 Å². The van der Waals surface area contributed by atoms with Crippen molar-refractivity contribution in [3.8, 4) is 0 Å². The molecule has 1 heterocycles. The van der Waals surface area contributed by atoms with Crippen molar-refractivity contribution in [1.82, 2.24) is 4.98 Å². The lowest BCUT2D eigenvalue weighted by Crippen LogP contribution is -2.18. The fourth-order valence-electron chi connectivity index (χ4n) is 2.06. The summed E-state index contributed by atoms with van der Waals surface area (Å²) in [7, 11) is 0. The molecule has 2 rings (SSSR count). The number of pyridine rings is 1. The summed E-state index contributed by atoms with van der Waals surface area (Å²) in [5.74, 6) is 0.0167. The minimum Gasteiger partial charge on any atom is -0.409 e. The summed E-state index contributed by atoms with van der Waals surface area (Å²) >= 11 is 0. The Bertz CT molecular complexity index is 638. The van der Waals surface area contributed by atoms with Gasteiger partial charge in [-0.1, -0.05) is 28.9 Å². The molecule has 5 nitrogen and oxygen atoms in total. The van der Waals surface area contributed by atoms with Gasteiger partial charge in [0, 0.05) is 24.0 Å². The van der Waals surface area contributed by atoms with Crippen LogP contribution < -0.4 is 11.1 Å². The third kappa shape index (κ3) is 3.06. The predicted molar refractivity (Wildman–Crippen MR) is 80.0 cm³/mol. The Morgan fingerprint density at radius 2 is 2.15 bits per heavy atom. The minimum atomic E-state index is 0.0167. The molecule has 0 atom stereocenters. The molecule has 0 aliphatic carbocycles. The van der Waals surface area contributed by atoms with E-state index in [4.69, 9.17) is 10.9 Å². The van der Waals surface area contributed by atoms with E-state index in [9.17, 15) is 0 Å². The number of nitrogens with zero attached hydrogens (tertiary/aromatic N) is 2. The van der Waals surface area contributed by atoms with Crippen LogP contribution in [-0.2, 0) is 6.54 Å². The smallest absolute Gasteiger partial charge is 0.189 e. The molecule has 0 radical (unpaired) electrons. The second-order valence-electron chi connectivity index (χ2n) is 4.67. The van der Waals surface area contributed by atoms with E-state index >= 15 is 0 Å². The van der Waals surface area contributed by atoms with E-state index in [0.29, 0.717) is 12.2 Å². The van der Waals surface area contributed by atoms with E-state index in [1.54, 1.807) is 6.20 Å². The molecule has 0 aliphatic heterocycles. The van der Waals surface area contributed by atoms with Gasteiger partial charge in [0.05, 0.1) is 0 Å². The first kappa shape index (κ1) is 13.9. The normalized spacial score (nSPS) is 11.4. The average molecular weight is 270 g/mol. The molecule has 0 amide bonds. The Kier molecular flexibility index (Phi) is 4.20. The number of anilines is 1. The molecule has 1 aromatic heterocycles. The van der Waals surface area contributed by atoms with Crippen molar-refractivity contribution >= 4 is 11.5 Å². The second-order valence-corrected chi connectivity index (χ2v) is 4.67. The van der Waals surface area contributed by atoms with Crippen LogP contribution in [0.3, 0.4) is 0 Å². The van der Waals surface area contributed by atoms with Crippen molar-refractivity contribution in [1.29, 1.82) is 0 Å². The van der Waals surface area contributed by atoms with E-state index < -0.39 is 0 Å². The molecular formula is C15H18N4O. The number of nitrogens with one attached hydrogen (secondary N) is 1. The summed E-state index contributed by atoms with van der Waals surface area (Å²) in [5, 5.41) is 15.1. The first-order valence-electron chi connectivity index (χ1n) is 6.34. The molecule has 5 heteroatoms. The molecule has 0 spiro atoms. The van der Waals surface area contributed by atoms with Crippen molar-refractivity contribution in [2.45, 2.75) is 20.4 Å². The third-order valence-electron chi connectivity index (χ3n) is 3.09. The van der Waals surface area contributed by atoms with Crippen LogP contribution in [-0.4, -0.2) is 16.0 Å². The highest BCUT2D eigenvalue weighted by Gasteiger charge is 2.08. The van der Waals surface area contributed by atoms with Gasteiger partial charge in [0.25, 0.3) is 0 Å². The van der Waals surface area contributed by atoms with Gasteiger partial charge in [0.1, 0.15) is 5.69 Å². The first-order valence-corrected chi connectivity index (χ1v) is 6.34. The molecule has 0 bridgehead atoms. The van der Waals surface area contributed by atoms with E-state index in [2.05, 4.69) is 41.4 Å². The number of amidine groups is 1. The summed E-state index contributed by atoms with van der Waals surface area (Å²) < 4.78 is 0. The summed E-state index contributed by atoms with van der Waals surface area (Å²) in [4.78, 5) is 4.14. The molecule has 0 aliphatic rings. The molecule has 104 valence electrons. The average Bonchev–Trinajstić information content (AvgIpc) is 2.46. The highest BCUT2D eigenvalue weighted by atomic mass is 16.4. The number of benzene rings is 1. The Balaban J connectivity index is 2.19. The summed E-state index contributed by atoms with van der Waals surface area (Å²) in [5.41, 5.74) is 10.5. The summed E-state index contributed by atoms with van der Waals surface area (Å²) in [6, 6.07) is 9.95. The van der Waals surface area contributed by atoms with Gasteiger partial charge in [-0.2, -0.15) is 0 Å². The zero-order valence-electron chi connectivity index (χ0n) is 11.6. The van der Waals surface area contributed by atoms with Crippen LogP contribution in [0.4, 0.5) is 5.69 Å². The van der Waals surface area contributed by atoms with Gasteiger partial charge < -0.3 is 16.3 Å². The van der Waals surface area contributed by atoms with Crippen molar-refractivity contribution in [2.24, 2.45) is 10.9 Å². The molecular weight excluding hydrogens is 252 g/mol. The number of aryl methyl sites for hydroxylation is 2. The molecule has 0 unspecified atom stereocenters. The monoisotopic (exact) mass is 270 g/mol. The highest BCUT2D eigenvalue weighted by molar-refractivity contribution is 5.96. The van der Waals surface area contributed by atoms with Gasteiger partial charge in [0.15, 0.2) is 5.84 Å². The van der Waals surface area contributed by atoms with Gasteiger partial charge in [-0.25, -0.2) is 0 Å². The third-order valence-corrected chi connectivity index (χ3v) is 3.09. The Hall–Kier alpha value is -2.56. The molecule has 4 N–H and O–H groups in total. The van der Waals surface area contributed by atoms with Gasteiger partial charge >= 0.3 is 0 Å². The number of nitrogens with two attached hydrogens (primary N) is 1. The number of aromatic nitrogens is 1. The number of hydrogen-bond acceptors (Lipinski definition) is 4. The Morgan fingerprint density at radius 1 is 1.35 bits per heavy atom. The molecule has 0 saturated heterocycles. The van der Waals surface area contributed by atoms with Gasteiger partial charge in [-0.3, -0.25) is 4.98 Å². The van der Waals surface area contributed by atoms with E-state index in [0.717, 1.165) is 11.3 Å². The van der Waals surface area contributed by atoms with Crippen molar-refractivity contribution < 1.29 is 5.21 Å². The number of oxime groups is 1. The maximum atomic E-state index is 8.78. The van der Waals surface area contributed by atoms with E-state index in [-0.39, 0.29) is 5.84 Å². The largest absolute Gasteiger partial charge is 0.409 e. The number of hydrogen-bond donors (Lipinski definition) is 3. The van der Waals surface area contributed by atoms with Crippen LogP contribution in [0, 0.1) is 13.8 Å². The van der Waals surface area contributed by atoms with Crippen molar-refractivity contribution in [2.75, 3.05) is 5.32 Å². The van der Waals surface area contributed by atoms with Gasteiger partial charge in [-0.05, 0) is 31.5 Å². The van der Waals surface area contributed by atoms with Gasteiger partial charge in [-0.15, -0.1) is 0 Å². The molecule has 0 saturated carbocycles. The lowest BCUT2D eigenvalue weighted by molar-refractivity contribution is 0.318. The Morgan fingerprint density at radius 3 is 2.85 bits per heavy atom. The van der Waals surface area contributed by atoms with Crippen LogP contribution in [0.15, 0.2) is 41.7 Å². The van der Waals surface area contributed by atoms with E-state index in [1.165, 1.54) is 11.1 Å². The van der Waals surface area contributed by atoms with Crippen LogP contribution in [0.2, 0.25) is 0 Å². The SMILES string of the molecule is Cc1ccc(NCc2cccnc2C(N)=NO)c(C)c1. The first-order chi connectivity index (χ1) is 9.61. The summed E-state index contributed by atoms with van der Waals surface area (Å²) in [6.45, 7) is 4.68. The number of rotatable bonds is 4. The lowest BCUT2D eigenvalue weighted by atomic mass is 10.1. The second kappa shape index (κ2) is 6.06. The predicted octanol–water partition coefficient (Wildman–Crippen LogP) is 2.41. The highest BCUT2D eigenvalue weighted by Crippen LogP contribution is 2.17. The van der Waals surface area contributed by atoms with Crippen LogP contribution in [0.25, 0.3) is 0 Å². The van der Waals surface area contributed by atoms with Crippen LogP contribution >= 0.6 is 0 Å². The molecule has 2 aromatic rings. The standard InChI is InChI=1S/C15H18N4O/c1-10-5-6-13(11(2)8-10)18-9-12-4-3-7-17-14(12)15(16)19-20/h3-8,18,20H,9H2,1-2H3,(H2,16,19). The molecule has 0 fully saturated rings. The van der Waals surface area contributed by atoms with Crippen LogP contribution in [0.1, 0.15) is 22.4 Å². The zero-order chi connectivity index (χ0) is 14.5. The molecule has 20 heavy (non-hydrogen) atoms. The molecule has 1 aromatic carbocycles. The fraction of sp³-hybridized carbons (Fsp3) is 0.200. The van der Waals surface area contributed by atoms with E-state index in [1.807, 2.05) is 18.2 Å². The zero-order valence-corrected chi connectivity index (χ0v) is 11.6. The fourth-order valence-corrected chi connectivity index (χ4v) is 2.06. The maximum absolute atomic E-state index is 8.78. The maximum Gasteiger partial charge on any atom is 0.189 e. The van der Waals surface area contributed by atoms with Crippen LogP contribution in [0.5, 0.6) is 0 Å². The topological polar surface area (TPSA) is 83.5 Å². The minimum absolute atomic E-state index is 0.0167. The lowest BCUT2D eigenvalue weighted by Gasteiger charge is -2.12. The van der Waals surface area contributed by atoms with Crippen molar-refractivity contribution in [3.63, 3.8) is 0 Å². The quantitative estimate of drug-likeness (QED) is 0.345. The van der Waals surface area contributed by atoms with Crippen molar-refractivity contribution in [3.05, 3.63) is 58.9 Å².